The van der Waals surface area contributed by atoms with E-state index in [4.69, 9.17) is 0 Å². The Kier molecular flexibility index (Phi) is 2.46. The van der Waals surface area contributed by atoms with Crippen LogP contribution in [0, 0.1) is 0 Å². The maximum atomic E-state index is 9.27. The van der Waals surface area contributed by atoms with Crippen LogP contribution in [0.3, 0.4) is 0 Å². The molecule has 1 unspecified atom stereocenters. The van der Waals surface area contributed by atoms with Crippen molar-refractivity contribution in [3.63, 3.8) is 0 Å². The summed E-state index contributed by atoms with van der Waals surface area (Å²) in [6.07, 6.45) is 4.06. The number of aliphatic hydroxyl groups excluding tert-OH is 1. The van der Waals surface area contributed by atoms with E-state index in [9.17, 15) is 5.11 Å². The van der Waals surface area contributed by atoms with Crippen LogP contribution in [0.15, 0.2) is 36.7 Å². The maximum Gasteiger partial charge on any atom is 0.0552 e. The van der Waals surface area contributed by atoms with E-state index in [1.165, 1.54) is 10.9 Å². The molecule has 2 aromatic rings. The van der Waals surface area contributed by atoms with Gasteiger partial charge in [0, 0.05) is 17.8 Å². The van der Waals surface area contributed by atoms with Gasteiger partial charge in [-0.1, -0.05) is 18.2 Å². The Morgan fingerprint density at radius 1 is 1.29 bits per heavy atom. The molecule has 14 heavy (non-hydrogen) atoms. The van der Waals surface area contributed by atoms with E-state index in [1.54, 1.807) is 13.1 Å². The number of fused-ring (bicyclic) bond motifs is 1. The predicted octanol–water partition coefficient (Wildman–Crippen LogP) is 2.16. The molecule has 0 aliphatic carbocycles. The van der Waals surface area contributed by atoms with E-state index in [1.807, 2.05) is 24.4 Å². The van der Waals surface area contributed by atoms with Gasteiger partial charge in [0.05, 0.1) is 6.10 Å². The molecule has 0 saturated carbocycles. The van der Waals surface area contributed by atoms with Crippen LogP contribution in [0.5, 0.6) is 0 Å². The Labute approximate surface area is 83.2 Å². The van der Waals surface area contributed by atoms with Crippen LogP contribution in [0.4, 0.5) is 0 Å². The zero-order chi connectivity index (χ0) is 9.97. The van der Waals surface area contributed by atoms with Gasteiger partial charge in [-0.05, 0) is 30.4 Å². The number of benzene rings is 1. The van der Waals surface area contributed by atoms with E-state index < -0.39 is 0 Å². The Bertz CT molecular complexity index is 437. The molecule has 1 N–H and O–H groups in total. The summed E-state index contributed by atoms with van der Waals surface area (Å²) in [4.78, 5) is 4.05. The summed E-state index contributed by atoms with van der Waals surface area (Å²) >= 11 is 0. The quantitative estimate of drug-likeness (QED) is 0.781. The van der Waals surface area contributed by atoms with E-state index in [0.717, 1.165) is 5.39 Å². The third-order valence-corrected chi connectivity index (χ3v) is 2.24. The fourth-order valence-electron chi connectivity index (χ4n) is 1.60. The number of hydrogen-bond acceptors (Lipinski definition) is 2. The largest absolute Gasteiger partial charge is 0.393 e. The highest BCUT2D eigenvalue weighted by Gasteiger charge is 2.00. The van der Waals surface area contributed by atoms with Crippen LogP contribution in [-0.2, 0) is 6.42 Å². The molecule has 0 bridgehead atoms. The first-order chi connectivity index (χ1) is 6.75. The third-order valence-electron chi connectivity index (χ3n) is 2.24. The summed E-state index contributed by atoms with van der Waals surface area (Å²) < 4.78 is 0. The van der Waals surface area contributed by atoms with Gasteiger partial charge in [0.15, 0.2) is 0 Å². The smallest absolute Gasteiger partial charge is 0.0552 e. The molecule has 0 aliphatic heterocycles. The molecule has 1 atom stereocenters. The maximum absolute atomic E-state index is 9.27. The molecule has 0 radical (unpaired) electrons. The molecule has 0 amide bonds. The second-order valence-corrected chi connectivity index (χ2v) is 3.61. The van der Waals surface area contributed by atoms with Gasteiger partial charge >= 0.3 is 0 Å². The van der Waals surface area contributed by atoms with Crippen molar-refractivity contribution in [2.45, 2.75) is 19.4 Å². The zero-order valence-corrected chi connectivity index (χ0v) is 8.14. The topological polar surface area (TPSA) is 33.1 Å². The summed E-state index contributed by atoms with van der Waals surface area (Å²) in [5.74, 6) is 0. The van der Waals surface area contributed by atoms with Crippen LogP contribution in [0.2, 0.25) is 0 Å². The minimum atomic E-state index is -0.283. The van der Waals surface area contributed by atoms with Crippen molar-refractivity contribution in [3.8, 4) is 0 Å². The first-order valence-corrected chi connectivity index (χ1v) is 4.76. The summed E-state index contributed by atoms with van der Waals surface area (Å²) in [7, 11) is 0. The molecule has 0 saturated heterocycles. The highest BCUT2D eigenvalue weighted by molar-refractivity contribution is 5.81. The molecule has 2 nitrogen and oxygen atoms in total. The summed E-state index contributed by atoms with van der Waals surface area (Å²) in [6, 6.07) is 8.17. The zero-order valence-electron chi connectivity index (χ0n) is 8.14. The molecular formula is C12H13NO. The van der Waals surface area contributed by atoms with Gasteiger partial charge in [-0.3, -0.25) is 4.98 Å². The average molecular weight is 187 g/mol. The van der Waals surface area contributed by atoms with Gasteiger partial charge in [0.2, 0.25) is 0 Å². The standard InChI is InChI=1S/C12H13NO/c1-9(14)6-10-2-3-12-8-13-5-4-11(12)7-10/h2-5,7-9,14H,6H2,1H3. The van der Waals surface area contributed by atoms with Crippen molar-refractivity contribution in [2.75, 3.05) is 0 Å². The second-order valence-electron chi connectivity index (χ2n) is 3.61. The van der Waals surface area contributed by atoms with Gasteiger partial charge in [-0.15, -0.1) is 0 Å². The molecule has 0 fully saturated rings. The monoisotopic (exact) mass is 187 g/mol. The summed E-state index contributed by atoms with van der Waals surface area (Å²) in [5.41, 5.74) is 1.17. The molecule has 1 heterocycles. The first kappa shape index (κ1) is 9.16. The van der Waals surface area contributed by atoms with Gasteiger partial charge in [-0.25, -0.2) is 0 Å². The molecule has 0 spiro atoms. The molecule has 0 aliphatic rings. The van der Waals surface area contributed by atoms with Gasteiger partial charge in [0.1, 0.15) is 0 Å². The van der Waals surface area contributed by atoms with Gasteiger partial charge in [-0.2, -0.15) is 0 Å². The Morgan fingerprint density at radius 3 is 2.93 bits per heavy atom. The Morgan fingerprint density at radius 2 is 2.14 bits per heavy atom. The normalized spacial score (nSPS) is 13.0. The molecule has 1 aromatic heterocycles. The van der Waals surface area contributed by atoms with Crippen molar-refractivity contribution in [3.05, 3.63) is 42.2 Å². The minimum absolute atomic E-state index is 0.283. The lowest BCUT2D eigenvalue weighted by molar-refractivity contribution is 0.195. The summed E-state index contributed by atoms with van der Waals surface area (Å²) in [6.45, 7) is 1.80. The lowest BCUT2D eigenvalue weighted by Gasteiger charge is -2.05. The molecular weight excluding hydrogens is 174 g/mol. The lowest BCUT2D eigenvalue weighted by atomic mass is 10.0. The number of aliphatic hydroxyl groups is 1. The van der Waals surface area contributed by atoms with Crippen molar-refractivity contribution >= 4 is 10.8 Å². The Hall–Kier alpha value is -1.41. The second kappa shape index (κ2) is 3.76. The van der Waals surface area contributed by atoms with E-state index in [2.05, 4.69) is 11.1 Å². The minimum Gasteiger partial charge on any atom is -0.393 e. The molecule has 1 aromatic carbocycles. The van der Waals surface area contributed by atoms with Crippen LogP contribution in [-0.4, -0.2) is 16.2 Å². The fraction of sp³-hybridized carbons (Fsp3) is 0.250. The summed E-state index contributed by atoms with van der Waals surface area (Å²) in [5, 5.41) is 11.6. The predicted molar refractivity (Wildman–Crippen MR) is 57.1 cm³/mol. The fourth-order valence-corrected chi connectivity index (χ4v) is 1.60. The van der Waals surface area contributed by atoms with Crippen molar-refractivity contribution in [1.82, 2.24) is 4.98 Å². The van der Waals surface area contributed by atoms with E-state index in [0.29, 0.717) is 6.42 Å². The number of nitrogens with zero attached hydrogens (tertiary/aromatic N) is 1. The number of hydrogen-bond donors (Lipinski definition) is 1. The lowest BCUT2D eigenvalue weighted by Crippen LogP contribution is -2.03. The van der Waals surface area contributed by atoms with Crippen molar-refractivity contribution in [1.29, 1.82) is 0 Å². The van der Waals surface area contributed by atoms with Crippen molar-refractivity contribution in [2.24, 2.45) is 0 Å². The van der Waals surface area contributed by atoms with Gasteiger partial charge < -0.3 is 5.11 Å². The van der Waals surface area contributed by atoms with Crippen LogP contribution < -0.4 is 0 Å². The first-order valence-electron chi connectivity index (χ1n) is 4.76. The number of aromatic nitrogens is 1. The van der Waals surface area contributed by atoms with Crippen LogP contribution in [0.1, 0.15) is 12.5 Å². The highest BCUT2D eigenvalue weighted by atomic mass is 16.3. The van der Waals surface area contributed by atoms with Crippen molar-refractivity contribution < 1.29 is 5.11 Å². The number of pyridine rings is 1. The Balaban J connectivity index is 2.41. The van der Waals surface area contributed by atoms with Gasteiger partial charge in [0.25, 0.3) is 0 Å². The van der Waals surface area contributed by atoms with E-state index in [-0.39, 0.29) is 6.10 Å². The van der Waals surface area contributed by atoms with Crippen LogP contribution >= 0.6 is 0 Å². The third kappa shape index (κ3) is 1.91. The SMILES string of the molecule is CC(O)Cc1ccc2cnccc2c1. The molecule has 2 heteroatoms. The molecule has 72 valence electrons. The van der Waals surface area contributed by atoms with E-state index >= 15 is 0 Å². The average Bonchev–Trinajstić information content (AvgIpc) is 2.17. The number of rotatable bonds is 2. The van der Waals surface area contributed by atoms with Crippen LogP contribution in [0.25, 0.3) is 10.8 Å². The highest BCUT2D eigenvalue weighted by Crippen LogP contribution is 2.15. The molecule has 2 rings (SSSR count).